The Labute approximate surface area is 59.0 Å². The van der Waals surface area contributed by atoms with Crippen molar-refractivity contribution in [1.29, 1.82) is 0 Å². The predicted molar refractivity (Wildman–Crippen MR) is 39.2 cm³/mol. The summed E-state index contributed by atoms with van der Waals surface area (Å²) in [6, 6.07) is 0. The number of carbonyl (C=O) groups is 1. The fraction of sp³-hybridized carbons (Fsp3) is 0. The number of hydrogen-bond acceptors (Lipinski definition) is 2. The van der Waals surface area contributed by atoms with Crippen LogP contribution in [0.1, 0.15) is 0 Å². The molecule has 0 saturated heterocycles. The van der Waals surface area contributed by atoms with Crippen LogP contribution in [0.2, 0.25) is 0 Å². The van der Waals surface area contributed by atoms with E-state index in [-0.39, 0.29) is 5.48 Å². The third-order valence-electron chi connectivity index (χ3n) is 0.971. The van der Waals surface area contributed by atoms with Gasteiger partial charge < -0.3 is 10.8 Å². The molecule has 1 aliphatic rings. The molecule has 0 aliphatic carbocycles. The predicted octanol–water partition coefficient (Wildman–Crippen LogP) is -0.0824. The lowest BCUT2D eigenvalue weighted by Crippen LogP contribution is -2.03. The molecular weight excluding hydrogens is 130 g/mol. The Morgan fingerprint density at radius 2 is 2.10 bits per heavy atom. The van der Waals surface area contributed by atoms with Gasteiger partial charge in [0, 0.05) is 6.20 Å². The number of carbonyl (C=O) groups excluding carboxylic acids is 1. The highest BCUT2D eigenvalue weighted by Crippen LogP contribution is 1.90. The Morgan fingerprint density at radius 3 is 2.80 bits per heavy atom. The van der Waals surface area contributed by atoms with Gasteiger partial charge in [0.1, 0.15) is 0 Å². The molecule has 0 radical (unpaired) electrons. The second-order valence-electron chi connectivity index (χ2n) is 1.63. The Morgan fingerprint density at radius 1 is 1.30 bits per heavy atom. The van der Waals surface area contributed by atoms with Crippen LogP contribution in [0.3, 0.4) is 0 Å². The minimum absolute atomic E-state index is 0. The van der Waals surface area contributed by atoms with E-state index in [0.717, 1.165) is 6.29 Å². The van der Waals surface area contributed by atoms with Crippen LogP contribution < -0.4 is 5.32 Å². The number of nitrogens with one attached hydrogen (secondary N) is 1. The van der Waals surface area contributed by atoms with Gasteiger partial charge in [-0.3, -0.25) is 4.79 Å². The fourth-order valence-corrected chi connectivity index (χ4v) is 0.545. The number of aldehydes is 1. The van der Waals surface area contributed by atoms with Gasteiger partial charge in [-0.2, -0.15) is 0 Å². The van der Waals surface area contributed by atoms with E-state index in [9.17, 15) is 4.79 Å². The van der Waals surface area contributed by atoms with Gasteiger partial charge in [0.15, 0.2) is 6.29 Å². The maximum absolute atomic E-state index is 10.1. The molecule has 0 aromatic carbocycles. The summed E-state index contributed by atoms with van der Waals surface area (Å²) < 4.78 is 0. The highest BCUT2D eigenvalue weighted by atomic mass is 16.1. The molecule has 3 heteroatoms. The molecule has 0 aromatic rings. The molecule has 3 N–H and O–H groups in total. The van der Waals surface area contributed by atoms with E-state index in [1.807, 2.05) is 12.2 Å². The van der Waals surface area contributed by atoms with E-state index >= 15 is 0 Å². The standard InChI is InChI=1S/C7H7NO.H2O/c9-6-7-4-2-1-3-5-8-7;/h1-6,8H;1H2. The first kappa shape index (κ1) is 8.65. The van der Waals surface area contributed by atoms with Crippen molar-refractivity contribution in [2.45, 2.75) is 0 Å². The van der Waals surface area contributed by atoms with Crippen LogP contribution in [-0.4, -0.2) is 11.8 Å². The molecule has 1 rings (SSSR count). The molecule has 3 nitrogen and oxygen atoms in total. The summed E-state index contributed by atoms with van der Waals surface area (Å²) in [5, 5.41) is 2.78. The molecule has 0 amide bonds. The molecule has 0 atom stereocenters. The first-order valence-electron chi connectivity index (χ1n) is 2.69. The first-order valence-corrected chi connectivity index (χ1v) is 2.69. The second kappa shape index (κ2) is 4.52. The van der Waals surface area contributed by atoms with Gasteiger partial charge in [0.05, 0.1) is 5.70 Å². The summed E-state index contributed by atoms with van der Waals surface area (Å²) in [7, 11) is 0. The van der Waals surface area contributed by atoms with Gasteiger partial charge in [-0.15, -0.1) is 0 Å². The van der Waals surface area contributed by atoms with Gasteiger partial charge in [0.25, 0.3) is 0 Å². The lowest BCUT2D eigenvalue weighted by Gasteiger charge is -1.91. The Hall–Kier alpha value is -1.35. The number of allylic oxidation sites excluding steroid dienone is 5. The summed E-state index contributed by atoms with van der Waals surface area (Å²) in [4.78, 5) is 10.1. The van der Waals surface area contributed by atoms with Gasteiger partial charge in [0.2, 0.25) is 0 Å². The topological polar surface area (TPSA) is 60.6 Å². The van der Waals surface area contributed by atoms with Crippen LogP contribution in [-0.2, 0) is 4.79 Å². The van der Waals surface area contributed by atoms with E-state index < -0.39 is 0 Å². The van der Waals surface area contributed by atoms with Gasteiger partial charge in [-0.25, -0.2) is 0 Å². The normalized spacial score (nSPS) is 14.2. The first-order chi connectivity index (χ1) is 4.43. The molecule has 1 aliphatic heterocycles. The summed E-state index contributed by atoms with van der Waals surface area (Å²) >= 11 is 0. The van der Waals surface area contributed by atoms with Gasteiger partial charge in [-0.1, -0.05) is 12.2 Å². The molecule has 0 unspecified atom stereocenters. The van der Waals surface area contributed by atoms with Gasteiger partial charge in [-0.05, 0) is 12.2 Å². The highest BCUT2D eigenvalue weighted by Gasteiger charge is 1.87. The lowest BCUT2D eigenvalue weighted by atomic mass is 10.4. The molecule has 0 spiro atoms. The Balaban J connectivity index is 0.000000810. The van der Waals surface area contributed by atoms with Crippen LogP contribution in [0, 0.1) is 0 Å². The monoisotopic (exact) mass is 139 g/mol. The van der Waals surface area contributed by atoms with Crippen LogP contribution in [0.5, 0.6) is 0 Å². The Bertz CT molecular complexity index is 192. The zero-order valence-electron chi connectivity index (χ0n) is 5.37. The van der Waals surface area contributed by atoms with Crippen molar-refractivity contribution in [3.05, 3.63) is 36.2 Å². The van der Waals surface area contributed by atoms with Crippen LogP contribution in [0.4, 0.5) is 0 Å². The van der Waals surface area contributed by atoms with Crippen molar-refractivity contribution in [2.24, 2.45) is 0 Å². The number of rotatable bonds is 1. The molecule has 54 valence electrons. The average Bonchev–Trinajstić information content (AvgIpc) is 2.13. The second-order valence-corrected chi connectivity index (χ2v) is 1.63. The molecular formula is C7H9NO2. The van der Waals surface area contributed by atoms with Crippen LogP contribution >= 0.6 is 0 Å². The van der Waals surface area contributed by atoms with Crippen molar-refractivity contribution in [3.8, 4) is 0 Å². The summed E-state index contributed by atoms with van der Waals surface area (Å²) in [6.45, 7) is 0. The molecule has 10 heavy (non-hydrogen) atoms. The van der Waals surface area contributed by atoms with Crippen molar-refractivity contribution in [3.63, 3.8) is 0 Å². The summed E-state index contributed by atoms with van der Waals surface area (Å²) in [5.41, 5.74) is 0.583. The third kappa shape index (κ3) is 2.28. The largest absolute Gasteiger partial charge is 0.412 e. The van der Waals surface area contributed by atoms with E-state index in [1.54, 1.807) is 18.4 Å². The van der Waals surface area contributed by atoms with Crippen molar-refractivity contribution < 1.29 is 10.3 Å². The van der Waals surface area contributed by atoms with Crippen molar-refractivity contribution in [1.82, 2.24) is 5.32 Å². The molecule has 0 fully saturated rings. The Kier molecular flexibility index (Phi) is 3.91. The minimum Gasteiger partial charge on any atom is -0.412 e. The fourth-order valence-electron chi connectivity index (χ4n) is 0.545. The highest BCUT2D eigenvalue weighted by molar-refractivity contribution is 5.73. The summed E-state index contributed by atoms with van der Waals surface area (Å²) in [5.74, 6) is 0. The van der Waals surface area contributed by atoms with Crippen LogP contribution in [0.15, 0.2) is 36.2 Å². The van der Waals surface area contributed by atoms with Gasteiger partial charge >= 0.3 is 0 Å². The SMILES string of the molecule is O.O=CC1=CC=CC=CN1. The average molecular weight is 139 g/mol. The minimum atomic E-state index is 0. The smallest absolute Gasteiger partial charge is 0.166 e. The van der Waals surface area contributed by atoms with Crippen molar-refractivity contribution in [2.75, 3.05) is 0 Å². The third-order valence-corrected chi connectivity index (χ3v) is 0.971. The molecule has 0 bridgehead atoms. The lowest BCUT2D eigenvalue weighted by molar-refractivity contribution is -0.105. The summed E-state index contributed by atoms with van der Waals surface area (Å²) in [6.07, 6.45) is 9.69. The van der Waals surface area contributed by atoms with Crippen LogP contribution in [0.25, 0.3) is 0 Å². The maximum Gasteiger partial charge on any atom is 0.166 e. The van der Waals surface area contributed by atoms with E-state index in [0.29, 0.717) is 5.70 Å². The van der Waals surface area contributed by atoms with Crippen molar-refractivity contribution >= 4 is 6.29 Å². The van der Waals surface area contributed by atoms with E-state index in [1.165, 1.54) is 0 Å². The number of hydrogen-bond donors (Lipinski definition) is 1. The molecule has 1 heterocycles. The zero-order chi connectivity index (χ0) is 6.53. The molecule has 0 saturated carbocycles. The molecule has 0 aromatic heterocycles. The quantitative estimate of drug-likeness (QED) is 0.516. The van der Waals surface area contributed by atoms with E-state index in [4.69, 9.17) is 0 Å². The van der Waals surface area contributed by atoms with E-state index in [2.05, 4.69) is 5.32 Å². The maximum atomic E-state index is 10.1. The zero-order valence-corrected chi connectivity index (χ0v) is 5.37.